The molecular weight excluding hydrogens is 412 g/mol. The van der Waals surface area contributed by atoms with E-state index in [4.69, 9.17) is 9.98 Å². The zero-order valence-corrected chi connectivity index (χ0v) is 21.0. The van der Waals surface area contributed by atoms with Crippen molar-refractivity contribution in [3.63, 3.8) is 0 Å². The van der Waals surface area contributed by atoms with Crippen LogP contribution in [0.15, 0.2) is 94.9 Å². The van der Waals surface area contributed by atoms with Crippen LogP contribution in [0.2, 0.25) is 0 Å². The minimum atomic E-state index is -0.00570. The van der Waals surface area contributed by atoms with E-state index in [0.29, 0.717) is 0 Å². The van der Waals surface area contributed by atoms with E-state index < -0.39 is 0 Å². The Kier molecular flexibility index (Phi) is 5.28. The van der Waals surface area contributed by atoms with Gasteiger partial charge in [-0.15, -0.1) is 0 Å². The maximum absolute atomic E-state index is 5.32. The first kappa shape index (κ1) is 22.3. The number of hydrogen-bond acceptors (Lipinski definition) is 2. The molecule has 0 saturated carbocycles. The highest BCUT2D eigenvalue weighted by Crippen LogP contribution is 2.38. The van der Waals surface area contributed by atoms with Crippen LogP contribution in [0.3, 0.4) is 0 Å². The van der Waals surface area contributed by atoms with Crippen LogP contribution in [0.4, 0.5) is 11.4 Å². The van der Waals surface area contributed by atoms with Gasteiger partial charge in [0, 0.05) is 16.5 Å². The first-order valence-corrected chi connectivity index (χ1v) is 12.0. The number of aliphatic imine (C=N–C) groups is 2. The SMILES string of the molecule is CC(C)(C)c1ccccc1/N=C1/C(=N/c2ccccc2C(C)(C)C)c2cccc3cccc1c23. The van der Waals surface area contributed by atoms with Crippen LogP contribution in [0, 0.1) is 0 Å². The zero-order chi connectivity index (χ0) is 24.1. The van der Waals surface area contributed by atoms with Crippen molar-refractivity contribution < 1.29 is 0 Å². The second-order valence-corrected chi connectivity index (χ2v) is 11.2. The zero-order valence-electron chi connectivity index (χ0n) is 21.0. The Morgan fingerprint density at radius 2 is 0.882 bits per heavy atom. The van der Waals surface area contributed by atoms with Gasteiger partial charge < -0.3 is 0 Å². The number of benzene rings is 4. The van der Waals surface area contributed by atoms with Crippen molar-refractivity contribution in [2.75, 3.05) is 0 Å². The lowest BCUT2D eigenvalue weighted by molar-refractivity contribution is 0.591. The molecule has 1 aliphatic carbocycles. The van der Waals surface area contributed by atoms with Gasteiger partial charge in [0.05, 0.1) is 22.8 Å². The van der Waals surface area contributed by atoms with Gasteiger partial charge in [-0.3, -0.25) is 0 Å². The predicted octanol–water partition coefficient (Wildman–Crippen LogP) is 8.69. The van der Waals surface area contributed by atoms with E-state index >= 15 is 0 Å². The third-order valence-corrected chi connectivity index (χ3v) is 6.53. The molecule has 4 aromatic rings. The summed E-state index contributed by atoms with van der Waals surface area (Å²) in [6, 6.07) is 29.9. The van der Waals surface area contributed by atoms with Crippen LogP contribution in [0.1, 0.15) is 63.8 Å². The number of nitrogens with zero attached hydrogens (tertiary/aromatic N) is 2. The van der Waals surface area contributed by atoms with Gasteiger partial charge in [-0.1, -0.05) is 114 Å². The summed E-state index contributed by atoms with van der Waals surface area (Å²) in [7, 11) is 0. The molecule has 2 heteroatoms. The van der Waals surface area contributed by atoms with E-state index in [1.54, 1.807) is 0 Å². The summed E-state index contributed by atoms with van der Waals surface area (Å²) >= 11 is 0. The second kappa shape index (κ2) is 8.06. The maximum Gasteiger partial charge on any atom is 0.0978 e. The van der Waals surface area contributed by atoms with Crippen molar-refractivity contribution in [1.29, 1.82) is 0 Å². The number of para-hydroxylation sites is 2. The van der Waals surface area contributed by atoms with E-state index in [1.807, 2.05) is 0 Å². The molecule has 0 unspecified atom stereocenters. The van der Waals surface area contributed by atoms with Crippen molar-refractivity contribution in [3.05, 3.63) is 107 Å². The fourth-order valence-electron chi connectivity index (χ4n) is 4.87. The van der Waals surface area contributed by atoms with Gasteiger partial charge >= 0.3 is 0 Å². The van der Waals surface area contributed by atoms with Gasteiger partial charge in [-0.25, -0.2) is 9.98 Å². The van der Waals surface area contributed by atoms with Crippen molar-refractivity contribution in [2.45, 2.75) is 52.4 Å². The molecule has 2 nitrogen and oxygen atoms in total. The molecule has 0 N–H and O–H groups in total. The summed E-state index contributed by atoms with van der Waals surface area (Å²) < 4.78 is 0. The molecule has 0 bridgehead atoms. The summed E-state index contributed by atoms with van der Waals surface area (Å²) in [5, 5.41) is 2.46. The minimum absolute atomic E-state index is 0.00570. The maximum atomic E-state index is 5.32. The molecule has 170 valence electrons. The smallest absolute Gasteiger partial charge is 0.0978 e. The molecule has 4 aromatic carbocycles. The van der Waals surface area contributed by atoms with E-state index in [1.165, 1.54) is 21.9 Å². The Balaban J connectivity index is 1.81. The van der Waals surface area contributed by atoms with Gasteiger partial charge in [0.1, 0.15) is 0 Å². The highest BCUT2D eigenvalue weighted by molar-refractivity contribution is 6.61. The highest BCUT2D eigenvalue weighted by atomic mass is 14.8. The first-order valence-electron chi connectivity index (χ1n) is 12.0. The summed E-state index contributed by atoms with van der Waals surface area (Å²) in [5.41, 5.74) is 8.69. The van der Waals surface area contributed by atoms with Crippen LogP contribution in [0.5, 0.6) is 0 Å². The van der Waals surface area contributed by atoms with Crippen LogP contribution in [-0.2, 0) is 10.8 Å². The third kappa shape index (κ3) is 3.88. The Bertz CT molecular complexity index is 1350. The normalized spacial score (nSPS) is 16.1. The Morgan fingerprint density at radius 3 is 1.29 bits per heavy atom. The monoisotopic (exact) mass is 444 g/mol. The molecule has 34 heavy (non-hydrogen) atoms. The van der Waals surface area contributed by atoms with Gasteiger partial charge in [0.15, 0.2) is 0 Å². The molecule has 0 saturated heterocycles. The molecule has 0 fully saturated rings. The van der Waals surface area contributed by atoms with E-state index in [0.717, 1.165) is 33.9 Å². The van der Waals surface area contributed by atoms with E-state index in [2.05, 4.69) is 126 Å². The lowest BCUT2D eigenvalue weighted by Gasteiger charge is -2.22. The lowest BCUT2D eigenvalue weighted by Crippen LogP contribution is -2.15. The van der Waals surface area contributed by atoms with Gasteiger partial charge in [-0.05, 0) is 39.5 Å². The average Bonchev–Trinajstić information content (AvgIpc) is 3.08. The minimum Gasteiger partial charge on any atom is -0.246 e. The molecule has 5 rings (SSSR count). The standard InChI is InChI=1S/C32H32N2/c1-31(2,3)24-17-7-9-19-26(24)33-29-22-15-11-13-21-14-12-16-23(28(21)22)30(29)34-27-20-10-8-18-25(27)32(4,5)6/h7-20H,1-6H3/b33-29+,34-30+. The third-order valence-electron chi connectivity index (χ3n) is 6.53. The topological polar surface area (TPSA) is 24.7 Å². The van der Waals surface area contributed by atoms with Crippen LogP contribution in [-0.4, -0.2) is 11.4 Å². The second-order valence-electron chi connectivity index (χ2n) is 11.2. The van der Waals surface area contributed by atoms with Gasteiger partial charge in [-0.2, -0.15) is 0 Å². The van der Waals surface area contributed by atoms with Crippen LogP contribution in [0.25, 0.3) is 10.8 Å². The van der Waals surface area contributed by atoms with Crippen molar-refractivity contribution >= 4 is 33.6 Å². The molecule has 0 aliphatic heterocycles. The molecule has 0 aromatic heterocycles. The predicted molar refractivity (Wildman–Crippen MR) is 147 cm³/mol. The van der Waals surface area contributed by atoms with Gasteiger partial charge in [0.25, 0.3) is 0 Å². The largest absolute Gasteiger partial charge is 0.246 e. The van der Waals surface area contributed by atoms with Crippen LogP contribution >= 0.6 is 0 Å². The summed E-state index contributed by atoms with van der Waals surface area (Å²) in [5.74, 6) is 0. The fraction of sp³-hybridized carbons (Fsp3) is 0.250. The lowest BCUT2D eigenvalue weighted by atomic mass is 9.85. The molecule has 0 amide bonds. The Hall–Kier alpha value is -3.52. The quantitative estimate of drug-likeness (QED) is 0.295. The van der Waals surface area contributed by atoms with E-state index in [-0.39, 0.29) is 10.8 Å². The Labute approximate surface area is 203 Å². The van der Waals surface area contributed by atoms with Crippen LogP contribution < -0.4 is 0 Å². The molecule has 0 spiro atoms. The number of hydrogen-bond donors (Lipinski definition) is 0. The summed E-state index contributed by atoms with van der Waals surface area (Å²) in [6.45, 7) is 13.4. The average molecular weight is 445 g/mol. The molecule has 0 heterocycles. The van der Waals surface area contributed by atoms with Crippen molar-refractivity contribution in [3.8, 4) is 0 Å². The van der Waals surface area contributed by atoms with Gasteiger partial charge in [0.2, 0.25) is 0 Å². The molecule has 1 aliphatic rings. The van der Waals surface area contributed by atoms with Crippen molar-refractivity contribution in [1.82, 2.24) is 0 Å². The fourth-order valence-corrected chi connectivity index (χ4v) is 4.87. The molecular formula is C32H32N2. The molecule has 0 atom stereocenters. The molecule has 0 radical (unpaired) electrons. The van der Waals surface area contributed by atoms with Crippen molar-refractivity contribution in [2.24, 2.45) is 9.98 Å². The first-order chi connectivity index (χ1) is 16.1. The highest BCUT2D eigenvalue weighted by Gasteiger charge is 2.29. The van der Waals surface area contributed by atoms with E-state index in [9.17, 15) is 0 Å². The number of rotatable bonds is 2. The summed E-state index contributed by atoms with van der Waals surface area (Å²) in [6.07, 6.45) is 0. The Morgan fingerprint density at radius 1 is 0.471 bits per heavy atom. The summed E-state index contributed by atoms with van der Waals surface area (Å²) in [4.78, 5) is 10.6.